The molecule has 1 saturated heterocycles. The lowest BCUT2D eigenvalue weighted by atomic mass is 9.90. The van der Waals surface area contributed by atoms with E-state index >= 15 is 0 Å². The van der Waals surface area contributed by atoms with E-state index in [9.17, 15) is 43.7 Å². The fourth-order valence-electron chi connectivity index (χ4n) is 9.39. The summed E-state index contributed by atoms with van der Waals surface area (Å²) in [5, 5.41) is 24.1. The quantitative estimate of drug-likeness (QED) is 0.0218. The number of Topliss-reactive ketones (excluding diaryl/α,β-unsaturated/α-hetero) is 1. The van der Waals surface area contributed by atoms with Crippen LogP contribution in [0, 0.1) is 5.92 Å². The average Bonchev–Trinajstić information content (AvgIpc) is 3.30. The third-order valence-electron chi connectivity index (χ3n) is 13.6. The van der Waals surface area contributed by atoms with Crippen molar-refractivity contribution < 1.29 is 62.5 Å². The molecule has 0 aliphatic carbocycles. The van der Waals surface area contributed by atoms with Crippen LogP contribution in [0.4, 0.5) is 0 Å². The first-order valence-corrected chi connectivity index (χ1v) is 29.7. The maximum absolute atomic E-state index is 14.0. The Bertz CT molecular complexity index is 1350. The van der Waals surface area contributed by atoms with Gasteiger partial charge in [0.2, 0.25) is 5.91 Å². The minimum Gasteiger partial charge on any atom is -0.462 e. The predicted molar refractivity (Wildman–Crippen MR) is 273 cm³/mol. The molecule has 1 rings (SSSR count). The molecule has 0 saturated carbocycles. The molecule has 0 aromatic heterocycles. The molecule has 0 aromatic carbocycles. The molecule has 5 N–H and O–H groups in total. The lowest BCUT2D eigenvalue weighted by molar-refractivity contribution is -0.256. The number of phosphoric acid groups is 1. The molecule has 1 heterocycles. The number of carbonyl (C=O) groups excluding carboxylic acids is 4. The molecule has 69 heavy (non-hydrogen) atoms. The number of nitrogens with one attached hydrogen (secondary N) is 1. The number of ketones is 1. The van der Waals surface area contributed by atoms with Gasteiger partial charge in [0.25, 0.3) is 0 Å². The van der Waals surface area contributed by atoms with Gasteiger partial charge in [-0.2, -0.15) is 0 Å². The smallest absolute Gasteiger partial charge is 0.462 e. The zero-order valence-corrected chi connectivity index (χ0v) is 44.9. The molecule has 14 nitrogen and oxygen atoms in total. The largest absolute Gasteiger partial charge is 0.470 e. The highest BCUT2D eigenvalue weighted by molar-refractivity contribution is 7.46. The van der Waals surface area contributed by atoms with Gasteiger partial charge in [-0.05, 0) is 32.1 Å². The van der Waals surface area contributed by atoms with Crippen LogP contribution in [0.2, 0.25) is 0 Å². The summed E-state index contributed by atoms with van der Waals surface area (Å²) in [6.45, 7) is 7.85. The summed E-state index contributed by atoms with van der Waals surface area (Å²) in [6, 6.07) is -1.60. The highest BCUT2D eigenvalue weighted by Gasteiger charge is 2.51. The van der Waals surface area contributed by atoms with Crippen molar-refractivity contribution in [2.45, 2.75) is 308 Å². The normalized spacial score (nSPS) is 19.3. The van der Waals surface area contributed by atoms with Crippen LogP contribution in [0.1, 0.15) is 272 Å². The number of carbonyl (C=O) groups is 4. The Morgan fingerprint density at radius 2 is 0.971 bits per heavy atom. The van der Waals surface area contributed by atoms with E-state index in [1.54, 1.807) is 0 Å². The van der Waals surface area contributed by atoms with Crippen LogP contribution in [0.5, 0.6) is 0 Å². The van der Waals surface area contributed by atoms with Crippen molar-refractivity contribution in [2.75, 3.05) is 6.61 Å². The first-order valence-electron chi connectivity index (χ1n) is 28.2. The fourth-order valence-corrected chi connectivity index (χ4v) is 9.97. The molecule has 1 amide bonds. The highest BCUT2D eigenvalue weighted by Crippen LogP contribution is 2.42. The number of rotatable bonds is 47. The minimum atomic E-state index is -5.32. The number of aliphatic hydroxyl groups excluding tert-OH is 2. The van der Waals surface area contributed by atoms with Crippen molar-refractivity contribution in [3.05, 3.63) is 0 Å². The lowest BCUT2D eigenvalue weighted by Crippen LogP contribution is -2.65. The second-order valence-electron chi connectivity index (χ2n) is 20.0. The molecule has 0 unspecified atom stereocenters. The predicted octanol–water partition coefficient (Wildman–Crippen LogP) is 12.6. The van der Waals surface area contributed by atoms with Crippen LogP contribution < -0.4 is 5.32 Å². The summed E-state index contributed by atoms with van der Waals surface area (Å²) in [7, 11) is -5.32. The lowest BCUT2D eigenvalue weighted by Gasteiger charge is -2.43. The minimum absolute atomic E-state index is 0.0484. The van der Waals surface area contributed by atoms with Gasteiger partial charge in [0.05, 0.1) is 19.4 Å². The van der Waals surface area contributed by atoms with E-state index in [0.29, 0.717) is 32.1 Å². The van der Waals surface area contributed by atoms with Gasteiger partial charge in [0.15, 0.2) is 12.4 Å². The van der Waals surface area contributed by atoms with E-state index in [4.69, 9.17) is 18.7 Å². The van der Waals surface area contributed by atoms with Gasteiger partial charge >= 0.3 is 19.8 Å². The SMILES string of the molecule is CCCCCCCCCCC[C@H](CC(=O)N[C@@H]1[C@@H](OC(=O)C[C@@H](CCCCCCCCCCC)C(=O)CCCCCCCCC)[C@H](OP(=O)(O)O)[C@@H](CO)O[C@H]1O)OC(=O)CCCCCCCCC. The molecule has 1 fully saturated rings. The second-order valence-corrected chi connectivity index (χ2v) is 21.2. The van der Waals surface area contributed by atoms with Gasteiger partial charge in [-0.3, -0.25) is 23.7 Å². The molecule has 406 valence electrons. The van der Waals surface area contributed by atoms with Crippen LogP contribution in [0.25, 0.3) is 0 Å². The number of amides is 1. The van der Waals surface area contributed by atoms with Gasteiger partial charge in [-0.25, -0.2) is 4.57 Å². The standard InChI is InChI=1S/C54H102NO13P/c1-5-9-13-17-21-23-27-29-33-37-44(46(57)39-35-31-25-19-15-11-7-3)41-50(60)67-53-51(54(61)66-47(43-56)52(53)68-69(62,63)64)55-48(58)42-45(38-34-30-28-24-22-18-14-10-6-2)65-49(59)40-36-32-26-20-16-12-8-4/h44-45,47,51-54,56,61H,5-43H2,1-4H3,(H,55,58)(H2,62,63,64)/t44-,45-,47-,51-,52-,53-,54-/m1/s1. The summed E-state index contributed by atoms with van der Waals surface area (Å²) in [5.74, 6) is -2.66. The van der Waals surface area contributed by atoms with E-state index in [-0.39, 0.29) is 25.0 Å². The average molecular weight is 1000 g/mol. The van der Waals surface area contributed by atoms with Crippen LogP contribution >= 0.6 is 7.82 Å². The zero-order valence-electron chi connectivity index (χ0n) is 44.0. The van der Waals surface area contributed by atoms with Crippen molar-refractivity contribution >= 4 is 31.5 Å². The van der Waals surface area contributed by atoms with Crippen molar-refractivity contribution in [3.8, 4) is 0 Å². The number of unbranched alkanes of at least 4 members (excludes halogenated alkanes) is 28. The Hall–Kier alpha value is -1.93. The Kier molecular flexibility index (Phi) is 40.1. The molecule has 1 aliphatic rings. The Morgan fingerprint density at radius 3 is 1.42 bits per heavy atom. The van der Waals surface area contributed by atoms with Gasteiger partial charge in [-0.1, -0.05) is 214 Å². The van der Waals surface area contributed by atoms with Crippen LogP contribution in [-0.2, 0) is 42.5 Å². The maximum atomic E-state index is 14.0. The molecular formula is C54H102NO13P. The van der Waals surface area contributed by atoms with Gasteiger partial charge in [-0.15, -0.1) is 0 Å². The molecule has 15 heteroatoms. The summed E-state index contributed by atoms with van der Waals surface area (Å²) in [6.07, 6.45) is 27.2. The third kappa shape index (κ3) is 34.2. The summed E-state index contributed by atoms with van der Waals surface area (Å²) >= 11 is 0. The van der Waals surface area contributed by atoms with Crippen molar-refractivity contribution in [2.24, 2.45) is 5.92 Å². The van der Waals surface area contributed by atoms with Crippen LogP contribution in [-0.4, -0.2) is 87.0 Å². The molecular weight excluding hydrogens is 902 g/mol. The number of ether oxygens (including phenoxy) is 3. The molecule has 0 radical (unpaired) electrons. The van der Waals surface area contributed by atoms with E-state index < -0.39 is 74.9 Å². The first kappa shape index (κ1) is 65.1. The monoisotopic (exact) mass is 1000 g/mol. The van der Waals surface area contributed by atoms with Crippen molar-refractivity contribution in [3.63, 3.8) is 0 Å². The first-order chi connectivity index (χ1) is 33.3. The molecule has 0 aromatic rings. The van der Waals surface area contributed by atoms with E-state index in [2.05, 4.69) is 33.0 Å². The van der Waals surface area contributed by atoms with E-state index in [1.807, 2.05) is 0 Å². The van der Waals surface area contributed by atoms with Crippen molar-refractivity contribution in [1.29, 1.82) is 0 Å². The summed E-state index contributed by atoms with van der Waals surface area (Å²) < 4.78 is 34.7. The van der Waals surface area contributed by atoms with Gasteiger partial charge < -0.3 is 39.5 Å². The molecule has 0 spiro atoms. The molecule has 1 aliphatic heterocycles. The Labute approximate surface area is 418 Å². The number of hydrogen-bond acceptors (Lipinski definition) is 11. The van der Waals surface area contributed by atoms with Gasteiger partial charge in [0.1, 0.15) is 30.1 Å². The Morgan fingerprint density at radius 1 is 0.551 bits per heavy atom. The number of aliphatic hydroxyl groups is 2. The highest BCUT2D eigenvalue weighted by atomic mass is 31.2. The fraction of sp³-hybridized carbons (Fsp3) is 0.926. The second kappa shape index (κ2) is 42.6. The maximum Gasteiger partial charge on any atom is 0.470 e. The number of phosphoric ester groups is 1. The number of hydrogen-bond donors (Lipinski definition) is 5. The van der Waals surface area contributed by atoms with Crippen LogP contribution in [0.3, 0.4) is 0 Å². The van der Waals surface area contributed by atoms with Crippen LogP contribution in [0.15, 0.2) is 0 Å². The molecule has 0 bridgehead atoms. The Balaban J connectivity index is 3.22. The van der Waals surface area contributed by atoms with Crippen molar-refractivity contribution in [1.82, 2.24) is 5.32 Å². The van der Waals surface area contributed by atoms with E-state index in [1.165, 1.54) is 77.0 Å². The summed E-state index contributed by atoms with van der Waals surface area (Å²) in [5.41, 5.74) is 0. The number of esters is 2. The summed E-state index contributed by atoms with van der Waals surface area (Å²) in [4.78, 5) is 74.6. The third-order valence-corrected chi connectivity index (χ3v) is 14.1. The zero-order chi connectivity index (χ0) is 51.0. The van der Waals surface area contributed by atoms with Gasteiger partial charge in [0, 0.05) is 18.8 Å². The molecule has 7 atom stereocenters. The van der Waals surface area contributed by atoms with E-state index in [0.717, 1.165) is 116 Å². The topological polar surface area (TPSA) is 215 Å².